The largest absolute Gasteiger partial charge is 0.273 e. The lowest BCUT2D eigenvalue weighted by atomic mass is 10.2. The van der Waals surface area contributed by atoms with E-state index >= 15 is 0 Å². The predicted molar refractivity (Wildman–Crippen MR) is 75.1 cm³/mol. The minimum absolute atomic E-state index is 0.114. The van der Waals surface area contributed by atoms with Crippen molar-refractivity contribution >= 4 is 37.5 Å². The Hall–Kier alpha value is -1.46. The summed E-state index contributed by atoms with van der Waals surface area (Å²) in [6.07, 6.45) is 0. The first-order chi connectivity index (χ1) is 8.65. The first-order valence-corrected chi connectivity index (χ1v) is 6.79. The Kier molecular flexibility index (Phi) is 2.80. The first kappa shape index (κ1) is 11.6. The van der Waals surface area contributed by atoms with Gasteiger partial charge in [0.2, 0.25) is 0 Å². The second-order valence-corrected chi connectivity index (χ2v) is 5.71. The molecule has 90 valence electrons. The van der Waals surface area contributed by atoms with Gasteiger partial charge in [-0.15, -0.1) is 0 Å². The average molecular weight is 324 g/mol. The second kappa shape index (κ2) is 4.33. The van der Waals surface area contributed by atoms with E-state index in [9.17, 15) is 9.18 Å². The van der Waals surface area contributed by atoms with E-state index in [0.717, 1.165) is 10.2 Å². The van der Waals surface area contributed by atoms with Crippen LogP contribution in [-0.4, -0.2) is 3.96 Å². The Bertz CT molecular complexity index is 776. The van der Waals surface area contributed by atoms with E-state index in [4.69, 9.17) is 0 Å². The standard InChI is InChI=1S/C13H7BrFNOS/c14-8-1-4-10(5-2-8)16-13(17)11-6-3-9(15)7-12(11)18-16/h1-7H. The minimum atomic E-state index is -0.327. The molecule has 5 heteroatoms. The summed E-state index contributed by atoms with van der Waals surface area (Å²) >= 11 is 4.59. The molecule has 0 aliphatic heterocycles. The zero-order valence-electron chi connectivity index (χ0n) is 9.06. The van der Waals surface area contributed by atoms with Crippen molar-refractivity contribution in [1.82, 2.24) is 3.96 Å². The molecule has 18 heavy (non-hydrogen) atoms. The van der Waals surface area contributed by atoms with Crippen LogP contribution in [-0.2, 0) is 0 Å². The van der Waals surface area contributed by atoms with Gasteiger partial charge in [-0.1, -0.05) is 27.5 Å². The topological polar surface area (TPSA) is 22.0 Å². The maximum atomic E-state index is 13.1. The van der Waals surface area contributed by atoms with Crippen molar-refractivity contribution in [2.24, 2.45) is 0 Å². The SMILES string of the molecule is O=c1c2ccc(F)cc2sn1-c1ccc(Br)cc1. The van der Waals surface area contributed by atoms with Crippen molar-refractivity contribution in [1.29, 1.82) is 0 Å². The van der Waals surface area contributed by atoms with E-state index < -0.39 is 0 Å². The number of rotatable bonds is 1. The third-order valence-electron chi connectivity index (χ3n) is 2.61. The van der Waals surface area contributed by atoms with E-state index in [1.165, 1.54) is 29.7 Å². The maximum absolute atomic E-state index is 13.1. The number of aromatic nitrogens is 1. The highest BCUT2D eigenvalue weighted by molar-refractivity contribution is 9.10. The van der Waals surface area contributed by atoms with Gasteiger partial charge in [-0.3, -0.25) is 4.79 Å². The normalized spacial score (nSPS) is 11.0. The van der Waals surface area contributed by atoms with Gasteiger partial charge >= 0.3 is 0 Å². The van der Waals surface area contributed by atoms with Gasteiger partial charge < -0.3 is 0 Å². The Labute approximate surface area is 115 Å². The van der Waals surface area contributed by atoms with Crippen LogP contribution < -0.4 is 5.56 Å². The highest BCUT2D eigenvalue weighted by Crippen LogP contribution is 2.22. The highest BCUT2D eigenvalue weighted by atomic mass is 79.9. The van der Waals surface area contributed by atoms with E-state index in [1.807, 2.05) is 24.3 Å². The number of benzene rings is 2. The molecule has 0 fully saturated rings. The summed E-state index contributed by atoms with van der Waals surface area (Å²) in [5.41, 5.74) is 0.669. The van der Waals surface area contributed by atoms with Crippen molar-refractivity contribution in [3.63, 3.8) is 0 Å². The van der Waals surface area contributed by atoms with Gasteiger partial charge in [-0.05, 0) is 42.5 Å². The Balaban J connectivity index is 2.27. The lowest BCUT2D eigenvalue weighted by Gasteiger charge is -1.99. The third-order valence-corrected chi connectivity index (χ3v) is 4.23. The number of hydrogen-bond donors (Lipinski definition) is 0. The molecule has 0 N–H and O–H groups in total. The number of halogens is 2. The van der Waals surface area contributed by atoms with Gasteiger partial charge in [0.15, 0.2) is 0 Å². The number of nitrogens with zero attached hydrogens (tertiary/aromatic N) is 1. The monoisotopic (exact) mass is 323 g/mol. The van der Waals surface area contributed by atoms with Crippen LogP contribution in [0, 0.1) is 5.82 Å². The van der Waals surface area contributed by atoms with Crippen LogP contribution in [0.4, 0.5) is 4.39 Å². The molecule has 0 radical (unpaired) electrons. The zero-order valence-corrected chi connectivity index (χ0v) is 11.5. The summed E-state index contributed by atoms with van der Waals surface area (Å²) in [6.45, 7) is 0. The maximum Gasteiger partial charge on any atom is 0.273 e. The molecule has 2 aromatic carbocycles. The van der Waals surface area contributed by atoms with Crippen LogP contribution in [0.3, 0.4) is 0 Å². The predicted octanol–water partition coefficient (Wildman–Crippen LogP) is 3.95. The van der Waals surface area contributed by atoms with Crippen LogP contribution >= 0.6 is 27.5 Å². The fourth-order valence-corrected chi connectivity index (χ4v) is 3.03. The van der Waals surface area contributed by atoms with Gasteiger partial charge in [0.25, 0.3) is 5.56 Å². The molecule has 0 unspecified atom stereocenters. The van der Waals surface area contributed by atoms with Crippen molar-refractivity contribution in [3.05, 3.63) is 63.1 Å². The summed E-state index contributed by atoms with van der Waals surface area (Å²) < 4.78 is 16.3. The third kappa shape index (κ3) is 1.89. The van der Waals surface area contributed by atoms with Crippen LogP contribution in [0.5, 0.6) is 0 Å². The minimum Gasteiger partial charge on any atom is -0.267 e. The molecule has 1 heterocycles. The molecular formula is C13H7BrFNOS. The summed E-state index contributed by atoms with van der Waals surface area (Å²) in [5, 5.41) is 0.546. The van der Waals surface area contributed by atoms with E-state index in [2.05, 4.69) is 15.9 Å². The Morgan fingerprint density at radius 1 is 1.11 bits per heavy atom. The molecule has 0 amide bonds. The molecule has 3 rings (SSSR count). The van der Waals surface area contributed by atoms with Gasteiger partial charge in [-0.2, -0.15) is 0 Å². The van der Waals surface area contributed by atoms with Gasteiger partial charge in [0, 0.05) is 4.47 Å². The van der Waals surface area contributed by atoms with Crippen molar-refractivity contribution in [3.8, 4) is 5.69 Å². The molecule has 0 bridgehead atoms. The molecule has 2 nitrogen and oxygen atoms in total. The Morgan fingerprint density at radius 3 is 2.56 bits per heavy atom. The summed E-state index contributed by atoms with van der Waals surface area (Å²) in [4.78, 5) is 12.2. The number of fused-ring (bicyclic) bond motifs is 1. The molecule has 0 atom stereocenters. The molecule has 1 aromatic heterocycles. The Morgan fingerprint density at radius 2 is 1.83 bits per heavy atom. The van der Waals surface area contributed by atoms with Crippen LogP contribution in [0.15, 0.2) is 51.7 Å². The number of hydrogen-bond acceptors (Lipinski definition) is 2. The molecule has 0 aliphatic carbocycles. The molecule has 3 aromatic rings. The smallest absolute Gasteiger partial charge is 0.267 e. The lowest BCUT2D eigenvalue weighted by Crippen LogP contribution is -2.10. The molecular weight excluding hydrogens is 317 g/mol. The average Bonchev–Trinajstić information content (AvgIpc) is 2.67. The van der Waals surface area contributed by atoms with E-state index in [0.29, 0.717) is 10.1 Å². The quantitative estimate of drug-likeness (QED) is 0.664. The van der Waals surface area contributed by atoms with E-state index in [-0.39, 0.29) is 11.4 Å². The molecule has 0 saturated heterocycles. The molecule has 0 aliphatic rings. The van der Waals surface area contributed by atoms with Gasteiger partial charge in [0.1, 0.15) is 5.82 Å². The van der Waals surface area contributed by atoms with Crippen LogP contribution in [0.2, 0.25) is 0 Å². The summed E-state index contributed by atoms with van der Waals surface area (Å²) in [6, 6.07) is 11.6. The second-order valence-electron chi connectivity index (χ2n) is 3.81. The van der Waals surface area contributed by atoms with Crippen molar-refractivity contribution in [2.75, 3.05) is 0 Å². The van der Waals surface area contributed by atoms with Crippen LogP contribution in [0.25, 0.3) is 15.8 Å². The van der Waals surface area contributed by atoms with Gasteiger partial charge in [0.05, 0.1) is 15.8 Å². The van der Waals surface area contributed by atoms with E-state index in [1.54, 1.807) is 3.96 Å². The molecule has 0 saturated carbocycles. The highest BCUT2D eigenvalue weighted by Gasteiger charge is 2.09. The summed E-state index contributed by atoms with van der Waals surface area (Å²) in [5.74, 6) is -0.327. The fraction of sp³-hybridized carbons (Fsp3) is 0. The summed E-state index contributed by atoms with van der Waals surface area (Å²) in [7, 11) is 0. The zero-order chi connectivity index (χ0) is 12.7. The van der Waals surface area contributed by atoms with Gasteiger partial charge in [-0.25, -0.2) is 8.35 Å². The van der Waals surface area contributed by atoms with Crippen molar-refractivity contribution < 1.29 is 4.39 Å². The fourth-order valence-electron chi connectivity index (χ4n) is 1.74. The van der Waals surface area contributed by atoms with Crippen molar-refractivity contribution in [2.45, 2.75) is 0 Å². The lowest BCUT2D eigenvalue weighted by molar-refractivity contribution is 0.630. The molecule has 0 spiro atoms. The first-order valence-electron chi connectivity index (χ1n) is 5.23. The van der Waals surface area contributed by atoms with Crippen LogP contribution in [0.1, 0.15) is 0 Å².